The molecule has 78 valence electrons. The molecule has 0 aromatic carbocycles. The lowest BCUT2D eigenvalue weighted by atomic mass is 10.2. The number of carbonyl (C=O) groups is 1. The van der Waals surface area contributed by atoms with Crippen molar-refractivity contribution in [3.8, 4) is 0 Å². The van der Waals surface area contributed by atoms with Gasteiger partial charge < -0.3 is 10.1 Å². The fraction of sp³-hybridized carbons (Fsp3) is 0.889. The maximum absolute atomic E-state index is 10.8. The third-order valence-corrected chi connectivity index (χ3v) is 2.27. The first-order valence-electron chi connectivity index (χ1n) is 4.70. The molecule has 0 aliphatic carbocycles. The summed E-state index contributed by atoms with van der Waals surface area (Å²) in [5.74, 6) is 1.21. The van der Waals surface area contributed by atoms with Crippen molar-refractivity contribution in [2.45, 2.75) is 26.2 Å². The number of ether oxygens (including phenoxy) is 1. The van der Waals surface area contributed by atoms with Crippen LogP contribution in [-0.2, 0) is 4.74 Å². The van der Waals surface area contributed by atoms with E-state index in [-0.39, 0.29) is 6.09 Å². The van der Waals surface area contributed by atoms with Crippen molar-refractivity contribution in [1.82, 2.24) is 5.32 Å². The van der Waals surface area contributed by atoms with E-state index in [1.54, 1.807) is 6.92 Å². The first kappa shape index (κ1) is 12.6. The monoisotopic (exact) mass is 205 g/mol. The van der Waals surface area contributed by atoms with Gasteiger partial charge in [-0.1, -0.05) is 6.42 Å². The van der Waals surface area contributed by atoms with Crippen molar-refractivity contribution in [2.75, 3.05) is 25.2 Å². The highest BCUT2D eigenvalue weighted by Gasteiger charge is 1.97. The molecule has 0 unspecified atom stereocenters. The normalized spacial score (nSPS) is 9.69. The number of rotatable bonds is 7. The van der Waals surface area contributed by atoms with Gasteiger partial charge in [-0.05, 0) is 31.8 Å². The highest BCUT2D eigenvalue weighted by Crippen LogP contribution is 2.01. The maximum atomic E-state index is 10.8. The second kappa shape index (κ2) is 9.71. The Balaban J connectivity index is 3.02. The van der Waals surface area contributed by atoms with Crippen molar-refractivity contribution < 1.29 is 9.53 Å². The van der Waals surface area contributed by atoms with Crippen LogP contribution in [-0.4, -0.2) is 31.3 Å². The molecule has 0 rings (SSSR count). The Hall–Kier alpha value is -0.380. The number of carbonyl (C=O) groups excluding carboxylic acids is 1. The fourth-order valence-corrected chi connectivity index (χ4v) is 1.41. The number of alkyl carbamates (subject to hydrolysis) is 1. The molecule has 0 spiro atoms. The Labute approximate surface area is 84.6 Å². The predicted octanol–water partition coefficient (Wildman–Crippen LogP) is 2.27. The van der Waals surface area contributed by atoms with Crippen LogP contribution >= 0.6 is 11.8 Å². The van der Waals surface area contributed by atoms with Crippen molar-refractivity contribution in [3.05, 3.63) is 0 Å². The summed E-state index contributed by atoms with van der Waals surface area (Å²) in [5, 5.41) is 2.69. The summed E-state index contributed by atoms with van der Waals surface area (Å²) in [6.45, 7) is 2.98. The van der Waals surface area contributed by atoms with E-state index in [0.717, 1.165) is 13.0 Å². The summed E-state index contributed by atoms with van der Waals surface area (Å²) in [7, 11) is 0. The van der Waals surface area contributed by atoms with Gasteiger partial charge in [0, 0.05) is 6.54 Å². The molecule has 0 saturated heterocycles. The zero-order chi connectivity index (χ0) is 9.94. The highest BCUT2D eigenvalue weighted by molar-refractivity contribution is 7.98. The molecular weight excluding hydrogens is 186 g/mol. The molecule has 13 heavy (non-hydrogen) atoms. The Morgan fingerprint density at radius 1 is 1.38 bits per heavy atom. The number of amides is 1. The minimum absolute atomic E-state index is 0.299. The Kier molecular flexibility index (Phi) is 9.42. The Bertz CT molecular complexity index is 131. The quantitative estimate of drug-likeness (QED) is 0.648. The van der Waals surface area contributed by atoms with Crippen LogP contribution in [0.5, 0.6) is 0 Å². The van der Waals surface area contributed by atoms with E-state index in [1.165, 1.54) is 18.6 Å². The summed E-state index contributed by atoms with van der Waals surface area (Å²) in [4.78, 5) is 10.8. The summed E-state index contributed by atoms with van der Waals surface area (Å²) >= 11 is 1.86. The van der Waals surface area contributed by atoms with Crippen LogP contribution in [0.25, 0.3) is 0 Å². The lowest BCUT2D eigenvalue weighted by molar-refractivity contribution is 0.152. The van der Waals surface area contributed by atoms with Crippen LogP contribution in [0.4, 0.5) is 4.79 Å². The van der Waals surface area contributed by atoms with E-state index >= 15 is 0 Å². The van der Waals surface area contributed by atoms with Gasteiger partial charge >= 0.3 is 6.09 Å². The number of hydrogen-bond donors (Lipinski definition) is 1. The highest BCUT2D eigenvalue weighted by atomic mass is 32.2. The topological polar surface area (TPSA) is 38.3 Å². The van der Waals surface area contributed by atoms with Crippen molar-refractivity contribution in [2.24, 2.45) is 0 Å². The Morgan fingerprint density at radius 3 is 2.77 bits per heavy atom. The average Bonchev–Trinajstić information content (AvgIpc) is 2.11. The van der Waals surface area contributed by atoms with Crippen LogP contribution in [0.1, 0.15) is 26.2 Å². The zero-order valence-electron chi connectivity index (χ0n) is 8.47. The van der Waals surface area contributed by atoms with Crippen LogP contribution in [0, 0.1) is 0 Å². The minimum Gasteiger partial charge on any atom is -0.450 e. The molecule has 0 aromatic rings. The molecule has 1 amide bonds. The van der Waals surface area contributed by atoms with Crippen LogP contribution < -0.4 is 5.32 Å². The van der Waals surface area contributed by atoms with Gasteiger partial charge in [-0.15, -0.1) is 0 Å². The number of nitrogens with one attached hydrogen (secondary N) is 1. The van der Waals surface area contributed by atoms with Gasteiger partial charge in [0.2, 0.25) is 0 Å². The third-order valence-electron chi connectivity index (χ3n) is 1.57. The second-order valence-electron chi connectivity index (χ2n) is 2.70. The molecule has 0 atom stereocenters. The van der Waals surface area contributed by atoms with Crippen LogP contribution in [0.15, 0.2) is 0 Å². The van der Waals surface area contributed by atoms with E-state index in [9.17, 15) is 4.79 Å². The molecule has 1 N–H and O–H groups in total. The molecule has 0 heterocycles. The number of hydrogen-bond acceptors (Lipinski definition) is 3. The fourth-order valence-electron chi connectivity index (χ4n) is 0.921. The van der Waals surface area contributed by atoms with Gasteiger partial charge in [-0.2, -0.15) is 11.8 Å². The molecule has 0 aliphatic rings. The summed E-state index contributed by atoms with van der Waals surface area (Å²) in [6, 6.07) is 0. The van der Waals surface area contributed by atoms with Gasteiger partial charge in [0.25, 0.3) is 0 Å². The number of unbranched alkanes of at least 4 members (excludes halogenated alkanes) is 2. The molecule has 0 fully saturated rings. The Morgan fingerprint density at radius 2 is 2.15 bits per heavy atom. The van der Waals surface area contributed by atoms with Crippen LogP contribution in [0.3, 0.4) is 0 Å². The summed E-state index contributed by atoms with van der Waals surface area (Å²) in [6.07, 6.45) is 5.25. The summed E-state index contributed by atoms with van der Waals surface area (Å²) in [5.41, 5.74) is 0. The van der Waals surface area contributed by atoms with E-state index in [2.05, 4.69) is 11.6 Å². The molecule has 4 heteroatoms. The second-order valence-corrected chi connectivity index (χ2v) is 3.69. The number of thioether (sulfide) groups is 1. The third kappa shape index (κ3) is 9.53. The van der Waals surface area contributed by atoms with Gasteiger partial charge in [-0.3, -0.25) is 0 Å². The standard InChI is InChI=1S/C9H19NO2S/c1-3-12-9(11)10-7-5-4-6-8-13-2/h3-8H2,1-2H3,(H,10,11). The lowest BCUT2D eigenvalue weighted by Crippen LogP contribution is -2.25. The molecule has 0 saturated carbocycles. The van der Waals surface area contributed by atoms with Crippen molar-refractivity contribution >= 4 is 17.9 Å². The van der Waals surface area contributed by atoms with Gasteiger partial charge in [0.1, 0.15) is 0 Å². The smallest absolute Gasteiger partial charge is 0.407 e. The largest absolute Gasteiger partial charge is 0.450 e. The van der Waals surface area contributed by atoms with E-state index in [1.807, 2.05) is 11.8 Å². The first-order valence-corrected chi connectivity index (χ1v) is 6.10. The lowest BCUT2D eigenvalue weighted by Gasteiger charge is -2.04. The summed E-state index contributed by atoms with van der Waals surface area (Å²) < 4.78 is 4.72. The van der Waals surface area contributed by atoms with Gasteiger partial charge in [0.15, 0.2) is 0 Å². The van der Waals surface area contributed by atoms with Gasteiger partial charge in [0.05, 0.1) is 6.61 Å². The molecule has 0 aliphatic heterocycles. The van der Waals surface area contributed by atoms with E-state index in [4.69, 9.17) is 4.74 Å². The van der Waals surface area contributed by atoms with E-state index in [0.29, 0.717) is 6.61 Å². The molecule has 3 nitrogen and oxygen atoms in total. The van der Waals surface area contributed by atoms with Crippen LogP contribution in [0.2, 0.25) is 0 Å². The van der Waals surface area contributed by atoms with Crippen molar-refractivity contribution in [3.63, 3.8) is 0 Å². The SMILES string of the molecule is CCOC(=O)NCCCCCSC. The predicted molar refractivity (Wildman–Crippen MR) is 57.3 cm³/mol. The molecular formula is C9H19NO2S. The van der Waals surface area contributed by atoms with Gasteiger partial charge in [-0.25, -0.2) is 4.79 Å². The first-order chi connectivity index (χ1) is 6.31. The average molecular weight is 205 g/mol. The van der Waals surface area contributed by atoms with Crippen molar-refractivity contribution in [1.29, 1.82) is 0 Å². The van der Waals surface area contributed by atoms with E-state index < -0.39 is 0 Å². The molecule has 0 bridgehead atoms. The maximum Gasteiger partial charge on any atom is 0.407 e. The molecule has 0 radical (unpaired) electrons. The minimum atomic E-state index is -0.299. The molecule has 0 aromatic heterocycles. The zero-order valence-corrected chi connectivity index (χ0v) is 9.28.